The van der Waals surface area contributed by atoms with E-state index in [-0.39, 0.29) is 5.91 Å². The number of hydrogen-bond donors (Lipinski definition) is 2. The molecular formula is C13H18N4O. The predicted octanol–water partition coefficient (Wildman–Crippen LogP) is 2.13. The molecule has 0 spiro atoms. The van der Waals surface area contributed by atoms with E-state index in [9.17, 15) is 4.79 Å². The largest absolute Gasteiger partial charge is 0.367 e. The van der Waals surface area contributed by atoms with E-state index in [2.05, 4.69) is 29.2 Å². The lowest BCUT2D eigenvalue weighted by atomic mass is 10.1. The van der Waals surface area contributed by atoms with Gasteiger partial charge in [0.25, 0.3) is 5.91 Å². The van der Waals surface area contributed by atoms with Gasteiger partial charge in [0.15, 0.2) is 0 Å². The summed E-state index contributed by atoms with van der Waals surface area (Å²) < 4.78 is 1.74. The second-order valence-electron chi connectivity index (χ2n) is 4.16. The van der Waals surface area contributed by atoms with Gasteiger partial charge in [-0.15, -0.1) is 0 Å². The molecule has 0 radical (unpaired) electrons. The molecule has 1 amide bonds. The van der Waals surface area contributed by atoms with Crippen LogP contribution in [0.1, 0.15) is 35.5 Å². The summed E-state index contributed by atoms with van der Waals surface area (Å²) in [5.74, 6) is 0.678. The molecule has 0 aliphatic heterocycles. The Kier molecular flexibility index (Phi) is 3.50. The number of carbonyl (C=O) groups is 1. The van der Waals surface area contributed by atoms with Crippen LogP contribution < -0.4 is 5.32 Å². The minimum atomic E-state index is -0.114. The van der Waals surface area contributed by atoms with Gasteiger partial charge in [0, 0.05) is 25.0 Å². The number of nitrogens with zero attached hydrogens (tertiary/aromatic N) is 2. The van der Waals surface area contributed by atoms with Crippen molar-refractivity contribution in [3.8, 4) is 0 Å². The minimum Gasteiger partial charge on any atom is -0.367 e. The van der Waals surface area contributed by atoms with Gasteiger partial charge in [-0.1, -0.05) is 13.8 Å². The molecule has 0 saturated heterocycles. The van der Waals surface area contributed by atoms with E-state index in [1.54, 1.807) is 23.1 Å². The van der Waals surface area contributed by atoms with Crippen molar-refractivity contribution in [1.82, 2.24) is 14.8 Å². The zero-order valence-corrected chi connectivity index (χ0v) is 10.9. The van der Waals surface area contributed by atoms with Crippen molar-refractivity contribution in [2.75, 3.05) is 5.32 Å². The fourth-order valence-electron chi connectivity index (χ4n) is 2.08. The lowest BCUT2D eigenvalue weighted by molar-refractivity contribution is 0.102. The minimum absolute atomic E-state index is 0.114. The highest BCUT2D eigenvalue weighted by Crippen LogP contribution is 2.21. The smallest absolute Gasteiger partial charge is 0.258 e. The molecule has 0 fully saturated rings. The number of amides is 1. The topological polar surface area (TPSA) is 62.7 Å². The van der Waals surface area contributed by atoms with Crippen molar-refractivity contribution in [2.24, 2.45) is 7.05 Å². The standard InChI is InChI=1S/C13H18N4O/c1-4-10-11(5-2)16-17(3)12(10)15-13(18)9-6-7-14-8-9/h6-8,14H,4-5H2,1-3H3,(H,15,18). The maximum Gasteiger partial charge on any atom is 0.258 e. The quantitative estimate of drug-likeness (QED) is 0.868. The van der Waals surface area contributed by atoms with E-state index < -0.39 is 0 Å². The number of H-pyrrole nitrogens is 1. The molecule has 18 heavy (non-hydrogen) atoms. The molecule has 0 atom stereocenters. The first-order valence-electron chi connectivity index (χ1n) is 6.16. The average molecular weight is 246 g/mol. The van der Waals surface area contributed by atoms with Gasteiger partial charge in [-0.2, -0.15) is 5.10 Å². The van der Waals surface area contributed by atoms with Crippen molar-refractivity contribution in [2.45, 2.75) is 26.7 Å². The molecule has 0 aromatic carbocycles. The number of anilines is 1. The normalized spacial score (nSPS) is 10.6. The molecule has 5 heteroatoms. The molecule has 2 heterocycles. The van der Waals surface area contributed by atoms with Crippen LogP contribution in [-0.4, -0.2) is 20.7 Å². The summed E-state index contributed by atoms with van der Waals surface area (Å²) in [6, 6.07) is 1.75. The van der Waals surface area contributed by atoms with Gasteiger partial charge in [-0.3, -0.25) is 9.48 Å². The van der Waals surface area contributed by atoms with Gasteiger partial charge in [0.05, 0.1) is 11.3 Å². The molecule has 2 N–H and O–H groups in total. The summed E-state index contributed by atoms with van der Waals surface area (Å²) in [4.78, 5) is 14.9. The zero-order valence-electron chi connectivity index (χ0n) is 10.9. The van der Waals surface area contributed by atoms with Crippen molar-refractivity contribution >= 4 is 11.7 Å². The molecule has 2 rings (SSSR count). The molecule has 0 saturated carbocycles. The lowest BCUT2D eigenvalue weighted by Crippen LogP contribution is -2.15. The molecular weight excluding hydrogens is 228 g/mol. The van der Waals surface area contributed by atoms with Gasteiger partial charge in [-0.05, 0) is 18.9 Å². The van der Waals surface area contributed by atoms with Crippen LogP contribution in [0.3, 0.4) is 0 Å². The van der Waals surface area contributed by atoms with Crippen LogP contribution in [0, 0.1) is 0 Å². The number of carbonyl (C=O) groups excluding carboxylic acids is 1. The van der Waals surface area contributed by atoms with Gasteiger partial charge in [0.2, 0.25) is 0 Å². The first-order valence-corrected chi connectivity index (χ1v) is 6.16. The van der Waals surface area contributed by atoms with Crippen LogP contribution in [-0.2, 0) is 19.9 Å². The third-order valence-electron chi connectivity index (χ3n) is 3.01. The highest BCUT2D eigenvalue weighted by Gasteiger charge is 2.16. The number of aryl methyl sites for hydroxylation is 2. The van der Waals surface area contributed by atoms with Gasteiger partial charge >= 0.3 is 0 Å². The average Bonchev–Trinajstić information content (AvgIpc) is 2.98. The van der Waals surface area contributed by atoms with Gasteiger partial charge < -0.3 is 10.3 Å². The Morgan fingerprint density at radius 1 is 1.44 bits per heavy atom. The second kappa shape index (κ2) is 5.08. The maximum atomic E-state index is 12.0. The Morgan fingerprint density at radius 2 is 2.22 bits per heavy atom. The molecule has 2 aromatic rings. The fourth-order valence-corrected chi connectivity index (χ4v) is 2.08. The molecule has 96 valence electrons. The molecule has 0 unspecified atom stereocenters. The summed E-state index contributed by atoms with van der Waals surface area (Å²) in [6.45, 7) is 4.14. The van der Waals surface area contributed by atoms with Crippen LogP contribution in [0.2, 0.25) is 0 Å². The molecule has 0 bridgehead atoms. The Balaban J connectivity index is 2.29. The molecule has 0 aliphatic carbocycles. The summed E-state index contributed by atoms with van der Waals surface area (Å²) in [5.41, 5.74) is 2.78. The van der Waals surface area contributed by atoms with E-state index in [0.717, 1.165) is 29.9 Å². The lowest BCUT2D eigenvalue weighted by Gasteiger charge is -2.06. The van der Waals surface area contributed by atoms with Crippen molar-refractivity contribution < 1.29 is 4.79 Å². The number of rotatable bonds is 4. The summed E-state index contributed by atoms with van der Waals surface area (Å²) >= 11 is 0. The highest BCUT2D eigenvalue weighted by molar-refractivity contribution is 6.04. The number of nitrogens with one attached hydrogen (secondary N) is 2. The van der Waals surface area contributed by atoms with E-state index in [4.69, 9.17) is 0 Å². The van der Waals surface area contributed by atoms with E-state index in [0.29, 0.717) is 5.56 Å². The van der Waals surface area contributed by atoms with Crippen molar-refractivity contribution in [3.05, 3.63) is 35.3 Å². The van der Waals surface area contributed by atoms with Crippen molar-refractivity contribution in [3.63, 3.8) is 0 Å². The zero-order chi connectivity index (χ0) is 13.1. The first kappa shape index (κ1) is 12.4. The Labute approximate surface area is 106 Å². The third kappa shape index (κ3) is 2.16. The Hall–Kier alpha value is -2.04. The van der Waals surface area contributed by atoms with Gasteiger partial charge in [-0.25, -0.2) is 0 Å². The van der Waals surface area contributed by atoms with Crippen LogP contribution in [0.4, 0.5) is 5.82 Å². The number of aromatic nitrogens is 3. The van der Waals surface area contributed by atoms with E-state index >= 15 is 0 Å². The SMILES string of the molecule is CCc1nn(C)c(NC(=O)c2cc[nH]c2)c1CC. The predicted molar refractivity (Wildman–Crippen MR) is 70.7 cm³/mol. The second-order valence-corrected chi connectivity index (χ2v) is 4.16. The maximum absolute atomic E-state index is 12.0. The van der Waals surface area contributed by atoms with Crippen molar-refractivity contribution in [1.29, 1.82) is 0 Å². The van der Waals surface area contributed by atoms with E-state index in [1.165, 1.54) is 0 Å². The van der Waals surface area contributed by atoms with Crippen LogP contribution in [0.25, 0.3) is 0 Å². The number of aromatic amines is 1. The molecule has 0 aliphatic rings. The highest BCUT2D eigenvalue weighted by atomic mass is 16.1. The molecule has 5 nitrogen and oxygen atoms in total. The van der Waals surface area contributed by atoms with Gasteiger partial charge in [0.1, 0.15) is 5.82 Å². The summed E-state index contributed by atoms with van der Waals surface area (Å²) in [5, 5.41) is 7.36. The van der Waals surface area contributed by atoms with E-state index in [1.807, 2.05) is 7.05 Å². The molecule has 2 aromatic heterocycles. The van der Waals surface area contributed by atoms with Crippen LogP contribution in [0.5, 0.6) is 0 Å². The summed E-state index contributed by atoms with van der Waals surface area (Å²) in [6.07, 6.45) is 5.14. The van der Waals surface area contributed by atoms with Crippen LogP contribution >= 0.6 is 0 Å². The van der Waals surface area contributed by atoms with Crippen LogP contribution in [0.15, 0.2) is 18.5 Å². The Morgan fingerprint density at radius 3 is 2.78 bits per heavy atom. The summed E-state index contributed by atoms with van der Waals surface area (Å²) in [7, 11) is 1.85. The fraction of sp³-hybridized carbons (Fsp3) is 0.385. The third-order valence-corrected chi connectivity index (χ3v) is 3.01. The number of hydrogen-bond acceptors (Lipinski definition) is 2. The first-order chi connectivity index (χ1) is 8.67. The monoisotopic (exact) mass is 246 g/mol. The Bertz CT molecular complexity index is 540.